The van der Waals surface area contributed by atoms with Crippen LogP contribution in [0.25, 0.3) is 0 Å². The fourth-order valence-corrected chi connectivity index (χ4v) is 1.12. The maximum Gasteiger partial charge on any atom is 0.105 e. The molecule has 0 fully saturated rings. The van der Waals surface area contributed by atoms with Gasteiger partial charge in [-0.2, -0.15) is 0 Å². The third kappa shape index (κ3) is 6.62. The minimum Gasteiger partial charge on any atom is -0.379 e. The molecule has 0 aromatic rings. The van der Waals surface area contributed by atoms with Crippen molar-refractivity contribution in [1.29, 1.82) is 0 Å². The van der Waals surface area contributed by atoms with Gasteiger partial charge in [-0.25, -0.2) is 0 Å². The van der Waals surface area contributed by atoms with Crippen LogP contribution in [0.1, 0.15) is 52.9 Å². The van der Waals surface area contributed by atoms with E-state index in [4.69, 9.17) is 0 Å². The summed E-state index contributed by atoms with van der Waals surface area (Å²) in [6.45, 7) is 6.40. The van der Waals surface area contributed by atoms with Crippen molar-refractivity contribution >= 4 is 0 Å². The van der Waals surface area contributed by atoms with E-state index in [1.807, 2.05) is 0 Å². The molecule has 0 aromatic heterocycles. The zero-order valence-corrected chi connectivity index (χ0v) is 8.64. The van der Waals surface area contributed by atoms with Crippen LogP contribution in [0.15, 0.2) is 0 Å². The molecule has 12 heavy (non-hydrogen) atoms. The molecule has 2 unspecified atom stereocenters. The van der Waals surface area contributed by atoms with Crippen molar-refractivity contribution in [1.82, 2.24) is 5.32 Å². The summed E-state index contributed by atoms with van der Waals surface area (Å²) in [6.07, 6.45) is 5.23. The van der Waals surface area contributed by atoms with Crippen molar-refractivity contribution in [2.45, 2.75) is 65.1 Å². The Balaban J connectivity index is 3.26. The van der Waals surface area contributed by atoms with Crippen molar-refractivity contribution in [2.24, 2.45) is 0 Å². The molecular weight excluding hydrogens is 150 g/mol. The summed E-state index contributed by atoms with van der Waals surface area (Å²) in [5.41, 5.74) is 0. The van der Waals surface area contributed by atoms with E-state index >= 15 is 0 Å². The standard InChI is InChI=1S/C10H23NO/c1-4-6-7-8-10(12)11-9(3)5-2/h9-12H,4-8H2,1-3H3. The lowest BCUT2D eigenvalue weighted by Gasteiger charge is -2.17. The molecule has 0 saturated heterocycles. The van der Waals surface area contributed by atoms with Crippen molar-refractivity contribution in [2.75, 3.05) is 0 Å². The highest BCUT2D eigenvalue weighted by Gasteiger charge is 2.05. The van der Waals surface area contributed by atoms with Crippen LogP contribution in [0.4, 0.5) is 0 Å². The molecule has 0 aliphatic carbocycles. The largest absolute Gasteiger partial charge is 0.379 e. The summed E-state index contributed by atoms with van der Waals surface area (Å²) in [4.78, 5) is 0. The molecule has 0 radical (unpaired) electrons. The maximum atomic E-state index is 9.47. The Bertz CT molecular complexity index is 95.8. The van der Waals surface area contributed by atoms with E-state index in [2.05, 4.69) is 26.1 Å². The Morgan fingerprint density at radius 1 is 1.25 bits per heavy atom. The SMILES string of the molecule is CCCCCC(O)NC(C)CC. The average molecular weight is 173 g/mol. The Labute approximate surface area is 76.4 Å². The third-order valence-electron chi connectivity index (χ3n) is 2.17. The summed E-state index contributed by atoms with van der Waals surface area (Å²) in [7, 11) is 0. The summed E-state index contributed by atoms with van der Waals surface area (Å²) in [6, 6.07) is 0.432. The highest BCUT2D eigenvalue weighted by Crippen LogP contribution is 2.02. The molecule has 2 atom stereocenters. The minimum absolute atomic E-state index is 0.300. The first-order valence-corrected chi connectivity index (χ1v) is 5.14. The van der Waals surface area contributed by atoms with Gasteiger partial charge in [0.2, 0.25) is 0 Å². The molecule has 0 aliphatic heterocycles. The van der Waals surface area contributed by atoms with Gasteiger partial charge in [0.05, 0.1) is 0 Å². The van der Waals surface area contributed by atoms with Gasteiger partial charge < -0.3 is 5.11 Å². The second-order valence-corrected chi connectivity index (χ2v) is 3.49. The second-order valence-electron chi connectivity index (χ2n) is 3.49. The highest BCUT2D eigenvalue weighted by atomic mass is 16.3. The Morgan fingerprint density at radius 3 is 2.42 bits per heavy atom. The van der Waals surface area contributed by atoms with E-state index in [-0.39, 0.29) is 6.23 Å². The van der Waals surface area contributed by atoms with Gasteiger partial charge in [0.25, 0.3) is 0 Å². The van der Waals surface area contributed by atoms with E-state index in [1.165, 1.54) is 12.8 Å². The van der Waals surface area contributed by atoms with Gasteiger partial charge in [0.1, 0.15) is 6.23 Å². The van der Waals surface area contributed by atoms with E-state index in [0.29, 0.717) is 6.04 Å². The number of hydrogen-bond donors (Lipinski definition) is 2. The lowest BCUT2D eigenvalue weighted by Crippen LogP contribution is -2.35. The molecule has 0 heterocycles. The molecule has 0 rings (SSSR count). The van der Waals surface area contributed by atoms with Crippen LogP contribution in [0.2, 0.25) is 0 Å². The first-order valence-electron chi connectivity index (χ1n) is 5.14. The molecule has 2 N–H and O–H groups in total. The summed E-state index contributed by atoms with van der Waals surface area (Å²) in [5, 5.41) is 12.6. The quantitative estimate of drug-likeness (QED) is 0.457. The smallest absolute Gasteiger partial charge is 0.105 e. The molecule has 2 nitrogen and oxygen atoms in total. The molecule has 0 spiro atoms. The number of unbranched alkanes of at least 4 members (excludes halogenated alkanes) is 2. The van der Waals surface area contributed by atoms with E-state index in [9.17, 15) is 5.11 Å². The van der Waals surface area contributed by atoms with Crippen molar-refractivity contribution in [3.05, 3.63) is 0 Å². The first kappa shape index (κ1) is 11.9. The van der Waals surface area contributed by atoms with Gasteiger partial charge in [0.15, 0.2) is 0 Å². The molecule has 0 bridgehead atoms. The monoisotopic (exact) mass is 173 g/mol. The molecule has 2 heteroatoms. The Kier molecular flexibility index (Phi) is 7.51. The second kappa shape index (κ2) is 7.56. The maximum absolute atomic E-state index is 9.47. The molecule has 74 valence electrons. The van der Waals surface area contributed by atoms with Crippen LogP contribution in [0.3, 0.4) is 0 Å². The topological polar surface area (TPSA) is 32.3 Å². The molecular formula is C10H23NO. The van der Waals surface area contributed by atoms with Gasteiger partial charge in [-0.15, -0.1) is 0 Å². The third-order valence-corrected chi connectivity index (χ3v) is 2.17. The van der Waals surface area contributed by atoms with Gasteiger partial charge in [-0.1, -0.05) is 26.7 Å². The van der Waals surface area contributed by atoms with Crippen molar-refractivity contribution < 1.29 is 5.11 Å². The van der Waals surface area contributed by atoms with Crippen LogP contribution >= 0.6 is 0 Å². The predicted molar refractivity (Wildman–Crippen MR) is 53.0 cm³/mol. The van der Waals surface area contributed by atoms with Gasteiger partial charge >= 0.3 is 0 Å². The summed E-state index contributed by atoms with van der Waals surface area (Å²) < 4.78 is 0. The Hall–Kier alpha value is -0.0800. The minimum atomic E-state index is -0.300. The predicted octanol–water partition coefficient (Wildman–Crippen LogP) is 2.27. The number of aliphatic hydroxyl groups excluding tert-OH is 1. The molecule has 0 saturated carbocycles. The van der Waals surface area contributed by atoms with E-state index < -0.39 is 0 Å². The van der Waals surface area contributed by atoms with Crippen LogP contribution in [0.5, 0.6) is 0 Å². The number of rotatable bonds is 7. The number of hydrogen-bond acceptors (Lipinski definition) is 2. The zero-order valence-electron chi connectivity index (χ0n) is 8.64. The molecule has 0 amide bonds. The van der Waals surface area contributed by atoms with Gasteiger partial charge in [-0.05, 0) is 26.2 Å². The summed E-state index contributed by atoms with van der Waals surface area (Å²) in [5.74, 6) is 0. The zero-order chi connectivity index (χ0) is 9.40. The normalized spacial score (nSPS) is 16.0. The van der Waals surface area contributed by atoms with Crippen LogP contribution in [0, 0.1) is 0 Å². The summed E-state index contributed by atoms with van der Waals surface area (Å²) >= 11 is 0. The Morgan fingerprint density at radius 2 is 1.92 bits per heavy atom. The number of aliphatic hydroxyl groups is 1. The first-order chi connectivity index (χ1) is 5.70. The fourth-order valence-electron chi connectivity index (χ4n) is 1.12. The van der Waals surface area contributed by atoms with Crippen LogP contribution < -0.4 is 5.32 Å². The average Bonchev–Trinajstić information content (AvgIpc) is 2.05. The van der Waals surface area contributed by atoms with Crippen LogP contribution in [-0.2, 0) is 0 Å². The van der Waals surface area contributed by atoms with Crippen LogP contribution in [-0.4, -0.2) is 17.4 Å². The lowest BCUT2D eigenvalue weighted by molar-refractivity contribution is 0.112. The van der Waals surface area contributed by atoms with E-state index in [0.717, 1.165) is 19.3 Å². The fraction of sp³-hybridized carbons (Fsp3) is 1.00. The molecule has 0 aromatic carbocycles. The highest BCUT2D eigenvalue weighted by molar-refractivity contribution is 4.60. The molecule has 0 aliphatic rings. The number of nitrogens with one attached hydrogen (secondary N) is 1. The lowest BCUT2D eigenvalue weighted by atomic mass is 10.1. The van der Waals surface area contributed by atoms with Gasteiger partial charge in [-0.3, -0.25) is 5.32 Å². The van der Waals surface area contributed by atoms with E-state index in [1.54, 1.807) is 0 Å². The van der Waals surface area contributed by atoms with Crippen molar-refractivity contribution in [3.63, 3.8) is 0 Å². The van der Waals surface area contributed by atoms with Crippen molar-refractivity contribution in [3.8, 4) is 0 Å². The van der Waals surface area contributed by atoms with Gasteiger partial charge in [0, 0.05) is 6.04 Å².